The number of anilines is 1. The van der Waals surface area contributed by atoms with Crippen LogP contribution in [0.4, 0.5) is 10.7 Å². The van der Waals surface area contributed by atoms with Crippen LogP contribution < -0.4 is 15.8 Å². The molecule has 2 rings (SSSR count). The lowest BCUT2D eigenvalue weighted by atomic mass is 10.3. The van der Waals surface area contributed by atoms with Gasteiger partial charge in [0.25, 0.3) is 5.91 Å². The van der Waals surface area contributed by atoms with E-state index >= 15 is 0 Å². The molecule has 0 fully saturated rings. The summed E-state index contributed by atoms with van der Waals surface area (Å²) in [6.45, 7) is 0.568. The first-order valence-electron chi connectivity index (χ1n) is 6.06. The second-order valence-electron chi connectivity index (χ2n) is 4.11. The lowest BCUT2D eigenvalue weighted by molar-refractivity contribution is -0.380. The van der Waals surface area contributed by atoms with Gasteiger partial charge in [-0.15, -0.1) is 0 Å². The molecule has 0 atom stereocenters. The van der Waals surface area contributed by atoms with E-state index in [9.17, 15) is 14.9 Å². The van der Waals surface area contributed by atoms with Gasteiger partial charge in [0.1, 0.15) is 12.4 Å². The molecule has 1 aromatic heterocycles. The minimum atomic E-state index is -0.523. The molecule has 1 amide bonds. The van der Waals surface area contributed by atoms with Crippen LogP contribution in [0.25, 0.3) is 0 Å². The highest BCUT2D eigenvalue weighted by Gasteiger charge is 2.14. The van der Waals surface area contributed by atoms with E-state index in [4.69, 9.17) is 10.5 Å². The third-order valence-corrected chi connectivity index (χ3v) is 3.42. The zero-order chi connectivity index (χ0) is 15.2. The predicted molar refractivity (Wildman–Crippen MR) is 79.7 cm³/mol. The number of ether oxygens (including phenoxy) is 1. The van der Waals surface area contributed by atoms with E-state index in [-0.39, 0.29) is 29.6 Å². The number of nitrogens with two attached hydrogens (primary N) is 1. The average Bonchev–Trinajstić information content (AvgIpc) is 2.93. The summed E-state index contributed by atoms with van der Waals surface area (Å²) in [5.74, 6) is 0.256. The molecule has 0 spiro atoms. The number of benzene rings is 1. The predicted octanol–water partition coefficient (Wildman–Crippen LogP) is 2.05. The number of carbonyl (C=O) groups excluding carboxylic acids is 1. The summed E-state index contributed by atoms with van der Waals surface area (Å²) in [5, 5.41) is 14.6. The molecule has 0 radical (unpaired) electrons. The molecule has 3 N–H and O–H groups in total. The number of nitrogen functional groups attached to an aromatic ring is 1. The van der Waals surface area contributed by atoms with Crippen LogP contribution >= 0.6 is 11.3 Å². The smallest absolute Gasteiger partial charge is 0.324 e. The first kappa shape index (κ1) is 14.8. The van der Waals surface area contributed by atoms with E-state index in [1.807, 2.05) is 0 Å². The lowest BCUT2D eigenvalue weighted by Crippen LogP contribution is -2.27. The normalized spacial score (nSPS) is 10.1. The SMILES string of the molecule is Nc1cccc(OCCNC(=O)c2csc([N+](=O)[O-])c2)c1. The summed E-state index contributed by atoms with van der Waals surface area (Å²) in [7, 11) is 0. The van der Waals surface area contributed by atoms with Gasteiger partial charge in [-0.3, -0.25) is 14.9 Å². The van der Waals surface area contributed by atoms with E-state index in [1.165, 1.54) is 11.4 Å². The Kier molecular flexibility index (Phi) is 4.72. The number of rotatable bonds is 6. The molecule has 0 aliphatic carbocycles. The maximum atomic E-state index is 11.7. The van der Waals surface area contributed by atoms with Gasteiger partial charge in [0.2, 0.25) is 0 Å². The Labute approximate surface area is 124 Å². The second kappa shape index (κ2) is 6.71. The van der Waals surface area contributed by atoms with Gasteiger partial charge in [0, 0.05) is 23.2 Å². The third-order valence-electron chi connectivity index (χ3n) is 2.54. The highest BCUT2D eigenvalue weighted by Crippen LogP contribution is 2.22. The molecule has 0 bridgehead atoms. The summed E-state index contributed by atoms with van der Waals surface area (Å²) in [6, 6.07) is 8.22. The molecular formula is C13H13N3O4S. The quantitative estimate of drug-likeness (QED) is 0.367. The van der Waals surface area contributed by atoms with Gasteiger partial charge >= 0.3 is 5.00 Å². The van der Waals surface area contributed by atoms with Crippen LogP contribution in [0.5, 0.6) is 5.75 Å². The number of hydrogen-bond donors (Lipinski definition) is 2. The summed E-state index contributed by atoms with van der Waals surface area (Å²) < 4.78 is 5.42. The van der Waals surface area contributed by atoms with E-state index in [1.54, 1.807) is 24.3 Å². The molecule has 110 valence electrons. The van der Waals surface area contributed by atoms with Crippen LogP contribution in [-0.2, 0) is 0 Å². The van der Waals surface area contributed by atoms with Crippen molar-refractivity contribution < 1.29 is 14.5 Å². The fraction of sp³-hybridized carbons (Fsp3) is 0.154. The summed E-state index contributed by atoms with van der Waals surface area (Å²) in [6.07, 6.45) is 0. The minimum Gasteiger partial charge on any atom is -0.492 e. The second-order valence-corrected chi connectivity index (χ2v) is 5.00. The number of nitrogens with zero attached hydrogens (tertiary/aromatic N) is 1. The number of amides is 1. The van der Waals surface area contributed by atoms with Crippen molar-refractivity contribution in [2.75, 3.05) is 18.9 Å². The standard InChI is InChI=1S/C13H13N3O4S/c14-10-2-1-3-11(7-10)20-5-4-15-13(17)9-6-12(16(18)19)21-8-9/h1-3,6-8H,4-5,14H2,(H,15,17). The molecule has 0 aliphatic heterocycles. The molecule has 8 heteroatoms. The lowest BCUT2D eigenvalue weighted by Gasteiger charge is -2.07. The Morgan fingerprint density at radius 3 is 2.90 bits per heavy atom. The van der Waals surface area contributed by atoms with E-state index in [0.29, 0.717) is 11.4 Å². The van der Waals surface area contributed by atoms with Gasteiger partial charge in [-0.05, 0) is 12.1 Å². The van der Waals surface area contributed by atoms with Gasteiger partial charge in [-0.1, -0.05) is 17.4 Å². The molecule has 0 saturated heterocycles. The van der Waals surface area contributed by atoms with Crippen molar-refractivity contribution in [2.45, 2.75) is 0 Å². The monoisotopic (exact) mass is 307 g/mol. The van der Waals surface area contributed by atoms with Crippen molar-refractivity contribution in [1.82, 2.24) is 5.32 Å². The van der Waals surface area contributed by atoms with Gasteiger partial charge in [-0.25, -0.2) is 0 Å². The number of carbonyl (C=O) groups is 1. The maximum Gasteiger partial charge on any atom is 0.324 e. The first-order valence-corrected chi connectivity index (χ1v) is 6.93. The molecule has 2 aromatic rings. The van der Waals surface area contributed by atoms with Gasteiger partial charge in [-0.2, -0.15) is 0 Å². The molecule has 0 unspecified atom stereocenters. The van der Waals surface area contributed by atoms with Crippen LogP contribution in [0.15, 0.2) is 35.7 Å². The van der Waals surface area contributed by atoms with Crippen LogP contribution in [0.3, 0.4) is 0 Å². The molecular weight excluding hydrogens is 294 g/mol. The van der Waals surface area contributed by atoms with Crippen molar-refractivity contribution >= 4 is 27.9 Å². The summed E-state index contributed by atoms with van der Waals surface area (Å²) in [5.41, 5.74) is 6.48. The fourth-order valence-corrected chi connectivity index (χ4v) is 2.28. The van der Waals surface area contributed by atoms with Crippen molar-refractivity contribution in [2.24, 2.45) is 0 Å². The Bertz CT molecular complexity index is 656. The average molecular weight is 307 g/mol. The Morgan fingerprint density at radius 2 is 2.24 bits per heavy atom. The van der Waals surface area contributed by atoms with Crippen molar-refractivity contribution in [1.29, 1.82) is 0 Å². The van der Waals surface area contributed by atoms with E-state index in [2.05, 4.69) is 5.32 Å². The summed E-state index contributed by atoms with van der Waals surface area (Å²) >= 11 is 0.919. The molecule has 1 heterocycles. The number of hydrogen-bond acceptors (Lipinski definition) is 6. The summed E-state index contributed by atoms with van der Waals surface area (Å²) in [4.78, 5) is 21.8. The minimum absolute atomic E-state index is 0.0591. The number of nitro groups is 1. The largest absolute Gasteiger partial charge is 0.492 e. The van der Waals surface area contributed by atoms with Gasteiger partial charge < -0.3 is 15.8 Å². The maximum absolute atomic E-state index is 11.7. The number of thiophene rings is 1. The fourth-order valence-electron chi connectivity index (χ4n) is 1.58. The van der Waals surface area contributed by atoms with E-state index < -0.39 is 4.92 Å². The Balaban J connectivity index is 1.77. The Morgan fingerprint density at radius 1 is 1.43 bits per heavy atom. The Hall–Kier alpha value is -2.61. The molecule has 7 nitrogen and oxygen atoms in total. The van der Waals surface area contributed by atoms with Gasteiger partial charge in [0.15, 0.2) is 0 Å². The highest BCUT2D eigenvalue weighted by atomic mass is 32.1. The first-order chi connectivity index (χ1) is 10.1. The van der Waals surface area contributed by atoms with Crippen molar-refractivity contribution in [3.63, 3.8) is 0 Å². The van der Waals surface area contributed by atoms with Crippen LogP contribution in [0.1, 0.15) is 10.4 Å². The number of nitrogens with one attached hydrogen (secondary N) is 1. The zero-order valence-electron chi connectivity index (χ0n) is 10.9. The van der Waals surface area contributed by atoms with Crippen LogP contribution in [0, 0.1) is 10.1 Å². The van der Waals surface area contributed by atoms with E-state index in [0.717, 1.165) is 11.3 Å². The van der Waals surface area contributed by atoms with Crippen molar-refractivity contribution in [3.05, 3.63) is 51.4 Å². The van der Waals surface area contributed by atoms with Crippen LogP contribution in [-0.4, -0.2) is 24.0 Å². The molecule has 0 saturated carbocycles. The molecule has 1 aromatic carbocycles. The third kappa shape index (κ3) is 4.18. The zero-order valence-corrected chi connectivity index (χ0v) is 11.8. The van der Waals surface area contributed by atoms with Gasteiger partial charge in [0.05, 0.1) is 17.0 Å². The van der Waals surface area contributed by atoms with Crippen molar-refractivity contribution in [3.8, 4) is 5.75 Å². The topological polar surface area (TPSA) is 107 Å². The highest BCUT2D eigenvalue weighted by molar-refractivity contribution is 7.13. The molecule has 0 aliphatic rings. The van der Waals surface area contributed by atoms with Crippen LogP contribution in [0.2, 0.25) is 0 Å². The molecule has 21 heavy (non-hydrogen) atoms.